The van der Waals surface area contributed by atoms with Crippen molar-refractivity contribution in [2.24, 2.45) is 0 Å². The third-order valence-electron chi connectivity index (χ3n) is 5.50. The summed E-state index contributed by atoms with van der Waals surface area (Å²) in [6, 6.07) is 13.4. The highest BCUT2D eigenvalue weighted by molar-refractivity contribution is 5.90. The van der Waals surface area contributed by atoms with Crippen molar-refractivity contribution >= 4 is 11.5 Å². The van der Waals surface area contributed by atoms with Gasteiger partial charge in [0.25, 0.3) is 0 Å². The van der Waals surface area contributed by atoms with Crippen LogP contribution in [0.15, 0.2) is 60.3 Å². The zero-order valence-corrected chi connectivity index (χ0v) is 17.5. The van der Waals surface area contributed by atoms with Crippen LogP contribution >= 0.6 is 0 Å². The molecular formula is C24H26N2O4. The first-order chi connectivity index (χ1) is 14.6. The average Bonchev–Trinajstić information content (AvgIpc) is 3.19. The molecule has 156 valence electrons. The van der Waals surface area contributed by atoms with Gasteiger partial charge in [-0.25, -0.2) is 0 Å². The summed E-state index contributed by atoms with van der Waals surface area (Å²) >= 11 is 0. The number of hydrogen-bond donors (Lipinski definition) is 1. The summed E-state index contributed by atoms with van der Waals surface area (Å²) in [7, 11) is 4.88. The van der Waals surface area contributed by atoms with Crippen molar-refractivity contribution in [3.05, 3.63) is 71.4 Å². The molecule has 2 aliphatic heterocycles. The first kappa shape index (κ1) is 20.0. The zero-order valence-electron chi connectivity index (χ0n) is 17.5. The number of benzene rings is 2. The molecule has 0 bridgehead atoms. The Morgan fingerprint density at radius 3 is 2.50 bits per heavy atom. The van der Waals surface area contributed by atoms with E-state index in [1.54, 1.807) is 26.2 Å². The van der Waals surface area contributed by atoms with Crippen LogP contribution in [-0.2, 0) is 11.2 Å². The van der Waals surface area contributed by atoms with Crippen LogP contribution < -0.4 is 19.5 Å². The molecule has 2 heterocycles. The second-order valence-corrected chi connectivity index (χ2v) is 7.24. The van der Waals surface area contributed by atoms with Crippen LogP contribution in [0.1, 0.15) is 17.5 Å². The number of methoxy groups -OCH3 is 3. The topological polar surface area (TPSA) is 60.0 Å². The van der Waals surface area contributed by atoms with Crippen molar-refractivity contribution in [2.45, 2.75) is 19.0 Å². The maximum Gasteiger partial charge on any atom is 0.232 e. The molecule has 6 nitrogen and oxygen atoms in total. The van der Waals surface area contributed by atoms with E-state index in [2.05, 4.69) is 11.4 Å². The van der Waals surface area contributed by atoms with Crippen molar-refractivity contribution in [1.29, 1.82) is 0 Å². The molecule has 0 saturated heterocycles. The lowest BCUT2D eigenvalue weighted by molar-refractivity contribution is -0.129. The van der Waals surface area contributed by atoms with Crippen molar-refractivity contribution < 1.29 is 19.0 Å². The Labute approximate surface area is 176 Å². The van der Waals surface area contributed by atoms with E-state index in [1.165, 1.54) is 0 Å². The SMILES string of the molecule is COc1ccc(CC(=O)N2C=C(c3ccc(OC)c(OC)c3)C3=CCCNC32)cc1. The van der Waals surface area contributed by atoms with Crippen molar-refractivity contribution in [3.63, 3.8) is 0 Å². The van der Waals surface area contributed by atoms with Crippen molar-refractivity contribution in [2.75, 3.05) is 27.9 Å². The highest BCUT2D eigenvalue weighted by Gasteiger charge is 2.35. The van der Waals surface area contributed by atoms with Gasteiger partial charge in [-0.15, -0.1) is 0 Å². The molecule has 1 atom stereocenters. The van der Waals surface area contributed by atoms with Crippen LogP contribution in [0.2, 0.25) is 0 Å². The Balaban J connectivity index is 1.63. The monoisotopic (exact) mass is 406 g/mol. The van der Waals surface area contributed by atoms with Gasteiger partial charge in [-0.1, -0.05) is 24.3 Å². The summed E-state index contributed by atoms with van der Waals surface area (Å²) in [5, 5.41) is 3.48. The standard InChI is InChI=1S/C24H26N2O4/c1-28-18-9-6-16(7-10-18)13-23(27)26-15-20(19-5-4-12-25-24(19)26)17-8-11-21(29-2)22(14-17)30-3/h5-11,14-15,24-25H,4,12-13H2,1-3H3. The van der Waals surface area contributed by atoms with E-state index in [-0.39, 0.29) is 12.1 Å². The van der Waals surface area contributed by atoms with Crippen LogP contribution in [0.3, 0.4) is 0 Å². The maximum absolute atomic E-state index is 13.2. The molecule has 2 aromatic rings. The highest BCUT2D eigenvalue weighted by Crippen LogP contribution is 2.39. The Bertz CT molecular complexity index is 995. The average molecular weight is 406 g/mol. The Morgan fingerprint density at radius 2 is 1.80 bits per heavy atom. The number of carbonyl (C=O) groups is 1. The van der Waals surface area contributed by atoms with Gasteiger partial charge >= 0.3 is 0 Å². The van der Waals surface area contributed by atoms with Crippen LogP contribution in [0, 0.1) is 0 Å². The molecule has 1 N–H and O–H groups in total. The van der Waals surface area contributed by atoms with Gasteiger partial charge in [0.1, 0.15) is 11.9 Å². The fourth-order valence-electron chi connectivity index (χ4n) is 3.93. The predicted octanol–water partition coefficient (Wildman–Crippen LogP) is 3.38. The minimum absolute atomic E-state index is 0.0425. The Kier molecular flexibility index (Phi) is 5.77. The van der Waals surface area contributed by atoms with E-state index in [0.29, 0.717) is 17.9 Å². The first-order valence-electron chi connectivity index (χ1n) is 9.96. The van der Waals surface area contributed by atoms with Gasteiger partial charge in [0, 0.05) is 18.3 Å². The molecule has 4 rings (SSSR count). The van der Waals surface area contributed by atoms with Gasteiger partial charge in [0.05, 0.1) is 27.8 Å². The quantitative estimate of drug-likeness (QED) is 0.797. The van der Waals surface area contributed by atoms with Gasteiger partial charge in [-0.2, -0.15) is 0 Å². The molecule has 0 aromatic heterocycles. The minimum Gasteiger partial charge on any atom is -0.497 e. The lowest BCUT2D eigenvalue weighted by atomic mass is 9.96. The lowest BCUT2D eigenvalue weighted by Gasteiger charge is -2.28. The Hall–Kier alpha value is -3.25. The lowest BCUT2D eigenvalue weighted by Crippen LogP contribution is -2.46. The van der Waals surface area contributed by atoms with Gasteiger partial charge in [0.2, 0.25) is 5.91 Å². The van der Waals surface area contributed by atoms with E-state index in [0.717, 1.165) is 41.0 Å². The predicted molar refractivity (Wildman–Crippen MR) is 116 cm³/mol. The fourth-order valence-corrected chi connectivity index (χ4v) is 3.93. The molecule has 1 unspecified atom stereocenters. The zero-order chi connectivity index (χ0) is 21.1. The summed E-state index contributed by atoms with van der Waals surface area (Å²) in [5.41, 5.74) is 4.09. The van der Waals surface area contributed by atoms with E-state index >= 15 is 0 Å². The maximum atomic E-state index is 13.2. The normalized spacial score (nSPS) is 17.7. The summed E-state index contributed by atoms with van der Waals surface area (Å²) in [6.45, 7) is 0.841. The van der Waals surface area contributed by atoms with Crippen LogP contribution in [-0.4, -0.2) is 44.8 Å². The smallest absolute Gasteiger partial charge is 0.232 e. The fraction of sp³-hybridized carbons (Fsp3) is 0.292. The molecule has 0 fully saturated rings. The number of hydrogen-bond acceptors (Lipinski definition) is 5. The molecule has 0 radical (unpaired) electrons. The third kappa shape index (κ3) is 3.78. The van der Waals surface area contributed by atoms with Gasteiger partial charge in [-0.3, -0.25) is 15.0 Å². The number of nitrogens with zero attached hydrogens (tertiary/aromatic N) is 1. The molecular weight excluding hydrogens is 380 g/mol. The summed E-state index contributed by atoms with van der Waals surface area (Å²) < 4.78 is 16.0. The molecule has 1 amide bonds. The number of fused-ring (bicyclic) bond motifs is 1. The van der Waals surface area contributed by atoms with E-state index in [4.69, 9.17) is 14.2 Å². The minimum atomic E-state index is -0.146. The summed E-state index contributed by atoms with van der Waals surface area (Å²) in [4.78, 5) is 15.0. The molecule has 6 heteroatoms. The molecule has 0 saturated carbocycles. The van der Waals surface area contributed by atoms with Crippen LogP contribution in [0.4, 0.5) is 0 Å². The largest absolute Gasteiger partial charge is 0.497 e. The second-order valence-electron chi connectivity index (χ2n) is 7.24. The van der Waals surface area contributed by atoms with Crippen LogP contribution in [0.25, 0.3) is 5.57 Å². The molecule has 2 aliphatic rings. The molecule has 2 aromatic carbocycles. The van der Waals surface area contributed by atoms with Crippen molar-refractivity contribution in [1.82, 2.24) is 10.2 Å². The summed E-state index contributed by atoms with van der Waals surface area (Å²) in [6.07, 6.45) is 5.27. The molecule has 30 heavy (non-hydrogen) atoms. The van der Waals surface area contributed by atoms with Crippen molar-refractivity contribution in [3.8, 4) is 17.2 Å². The number of nitrogens with one attached hydrogen (secondary N) is 1. The summed E-state index contributed by atoms with van der Waals surface area (Å²) in [5.74, 6) is 2.17. The van der Waals surface area contributed by atoms with Gasteiger partial charge in [0.15, 0.2) is 11.5 Å². The van der Waals surface area contributed by atoms with E-state index in [1.807, 2.05) is 48.7 Å². The number of rotatable bonds is 6. The van der Waals surface area contributed by atoms with E-state index in [9.17, 15) is 4.79 Å². The number of ether oxygens (including phenoxy) is 3. The number of carbonyl (C=O) groups excluding carboxylic acids is 1. The Morgan fingerprint density at radius 1 is 1.03 bits per heavy atom. The van der Waals surface area contributed by atoms with Gasteiger partial charge in [-0.05, 0) is 47.4 Å². The third-order valence-corrected chi connectivity index (χ3v) is 5.50. The van der Waals surface area contributed by atoms with E-state index < -0.39 is 0 Å². The number of amides is 1. The van der Waals surface area contributed by atoms with Gasteiger partial charge < -0.3 is 14.2 Å². The second kappa shape index (κ2) is 8.63. The molecule has 0 spiro atoms. The van der Waals surface area contributed by atoms with Crippen LogP contribution in [0.5, 0.6) is 17.2 Å². The highest BCUT2D eigenvalue weighted by atomic mass is 16.5. The molecule has 0 aliphatic carbocycles. The first-order valence-corrected chi connectivity index (χ1v) is 9.96.